The SMILES string of the molecule is Cc1ccc(-c2nc(C(C)CC(=O)O)cs2)o1. The number of thiazole rings is 1. The summed E-state index contributed by atoms with van der Waals surface area (Å²) >= 11 is 1.47. The van der Waals surface area contributed by atoms with E-state index in [1.54, 1.807) is 0 Å². The molecule has 2 heterocycles. The fourth-order valence-corrected chi connectivity index (χ4v) is 2.44. The molecule has 0 aliphatic carbocycles. The third-order valence-corrected chi connectivity index (χ3v) is 3.33. The van der Waals surface area contributed by atoms with E-state index in [2.05, 4.69) is 4.98 Å². The van der Waals surface area contributed by atoms with Crippen LogP contribution in [0.3, 0.4) is 0 Å². The van der Waals surface area contributed by atoms with Gasteiger partial charge in [0.1, 0.15) is 5.76 Å². The van der Waals surface area contributed by atoms with Gasteiger partial charge in [0.05, 0.1) is 12.1 Å². The fourth-order valence-electron chi connectivity index (χ4n) is 1.54. The van der Waals surface area contributed by atoms with Crippen molar-refractivity contribution in [2.75, 3.05) is 0 Å². The summed E-state index contributed by atoms with van der Waals surface area (Å²) in [6.07, 6.45) is 0.0976. The lowest BCUT2D eigenvalue weighted by Crippen LogP contribution is -2.02. The summed E-state index contributed by atoms with van der Waals surface area (Å²) in [5, 5.41) is 11.4. The van der Waals surface area contributed by atoms with Crippen LogP contribution >= 0.6 is 11.3 Å². The maximum Gasteiger partial charge on any atom is 0.304 e. The van der Waals surface area contributed by atoms with Crippen molar-refractivity contribution in [3.63, 3.8) is 0 Å². The molecule has 0 radical (unpaired) electrons. The van der Waals surface area contributed by atoms with Gasteiger partial charge in [-0.3, -0.25) is 4.79 Å². The summed E-state index contributed by atoms with van der Waals surface area (Å²) in [7, 11) is 0. The van der Waals surface area contributed by atoms with Gasteiger partial charge in [0.25, 0.3) is 0 Å². The quantitative estimate of drug-likeness (QED) is 0.905. The number of carboxylic acid groups (broad SMARTS) is 1. The second-order valence-corrected chi connectivity index (χ2v) is 4.84. The van der Waals surface area contributed by atoms with Gasteiger partial charge >= 0.3 is 5.97 Å². The Morgan fingerprint density at radius 3 is 2.94 bits per heavy atom. The number of aromatic nitrogens is 1. The topological polar surface area (TPSA) is 63.3 Å². The van der Waals surface area contributed by atoms with Crippen molar-refractivity contribution in [3.8, 4) is 10.8 Å². The van der Waals surface area contributed by atoms with Crippen LogP contribution < -0.4 is 0 Å². The van der Waals surface area contributed by atoms with Crippen LogP contribution in [-0.4, -0.2) is 16.1 Å². The number of aliphatic carboxylic acids is 1. The van der Waals surface area contributed by atoms with E-state index in [4.69, 9.17) is 9.52 Å². The first-order valence-electron chi connectivity index (χ1n) is 5.30. The van der Waals surface area contributed by atoms with E-state index in [0.717, 1.165) is 22.2 Å². The number of hydrogen-bond donors (Lipinski definition) is 1. The third-order valence-electron chi connectivity index (χ3n) is 2.46. The molecule has 1 atom stereocenters. The number of carbonyl (C=O) groups is 1. The van der Waals surface area contributed by atoms with Crippen molar-refractivity contribution in [2.24, 2.45) is 0 Å². The van der Waals surface area contributed by atoms with Crippen LogP contribution in [0.4, 0.5) is 0 Å². The minimum Gasteiger partial charge on any atom is -0.481 e. The predicted octanol–water partition coefficient (Wildman–Crippen LogP) is 3.29. The molecule has 0 amide bonds. The van der Waals surface area contributed by atoms with Crippen LogP contribution in [0, 0.1) is 6.92 Å². The molecule has 1 unspecified atom stereocenters. The first kappa shape index (κ1) is 11.9. The molecule has 0 fully saturated rings. The van der Waals surface area contributed by atoms with Gasteiger partial charge in [-0.1, -0.05) is 6.92 Å². The molecule has 2 rings (SSSR count). The predicted molar refractivity (Wildman–Crippen MR) is 65.2 cm³/mol. The summed E-state index contributed by atoms with van der Waals surface area (Å²) < 4.78 is 5.48. The summed E-state index contributed by atoms with van der Waals surface area (Å²) in [6.45, 7) is 3.74. The number of rotatable bonds is 4. The van der Waals surface area contributed by atoms with Crippen molar-refractivity contribution in [1.29, 1.82) is 0 Å². The summed E-state index contributed by atoms with van der Waals surface area (Å²) in [6, 6.07) is 3.76. The van der Waals surface area contributed by atoms with E-state index in [1.165, 1.54) is 11.3 Å². The zero-order chi connectivity index (χ0) is 12.4. The van der Waals surface area contributed by atoms with E-state index in [1.807, 2.05) is 31.4 Å². The first-order chi connectivity index (χ1) is 8.06. The summed E-state index contributed by atoms with van der Waals surface area (Å²) in [4.78, 5) is 15.0. The lowest BCUT2D eigenvalue weighted by Gasteiger charge is -2.03. The molecule has 0 aliphatic heterocycles. The molecule has 0 spiro atoms. The third kappa shape index (κ3) is 2.74. The number of furan rings is 1. The van der Waals surface area contributed by atoms with Crippen molar-refractivity contribution >= 4 is 17.3 Å². The van der Waals surface area contributed by atoms with Gasteiger partial charge in [-0.25, -0.2) is 4.98 Å². The molecular weight excluding hydrogens is 238 g/mol. The van der Waals surface area contributed by atoms with Gasteiger partial charge in [-0.15, -0.1) is 11.3 Å². The second-order valence-electron chi connectivity index (χ2n) is 3.99. The molecule has 1 N–H and O–H groups in total. The second kappa shape index (κ2) is 4.71. The lowest BCUT2D eigenvalue weighted by atomic mass is 10.1. The minimum atomic E-state index is -0.805. The van der Waals surface area contributed by atoms with Gasteiger partial charge in [0.2, 0.25) is 0 Å². The largest absolute Gasteiger partial charge is 0.481 e. The number of nitrogens with zero attached hydrogens (tertiary/aromatic N) is 1. The number of carboxylic acids is 1. The van der Waals surface area contributed by atoms with Crippen molar-refractivity contribution in [2.45, 2.75) is 26.2 Å². The maximum atomic E-state index is 10.6. The van der Waals surface area contributed by atoms with Crippen molar-refractivity contribution in [3.05, 3.63) is 29.0 Å². The molecule has 0 saturated carbocycles. The Balaban J connectivity index is 2.18. The molecule has 0 bridgehead atoms. The Morgan fingerprint density at radius 1 is 1.59 bits per heavy atom. The number of hydrogen-bond acceptors (Lipinski definition) is 4. The van der Waals surface area contributed by atoms with Crippen molar-refractivity contribution < 1.29 is 14.3 Å². The van der Waals surface area contributed by atoms with Crippen LogP contribution in [0.5, 0.6) is 0 Å². The molecule has 5 heteroatoms. The van der Waals surface area contributed by atoms with Gasteiger partial charge in [0, 0.05) is 11.3 Å². The zero-order valence-electron chi connectivity index (χ0n) is 9.64. The highest BCUT2D eigenvalue weighted by Gasteiger charge is 2.15. The zero-order valence-corrected chi connectivity index (χ0v) is 10.5. The maximum absolute atomic E-state index is 10.6. The van der Waals surface area contributed by atoms with Gasteiger partial charge in [-0.05, 0) is 19.1 Å². The minimum absolute atomic E-state index is 0.0754. The Morgan fingerprint density at radius 2 is 2.35 bits per heavy atom. The van der Waals surface area contributed by atoms with E-state index in [9.17, 15) is 4.79 Å². The van der Waals surface area contributed by atoms with Gasteiger partial charge < -0.3 is 9.52 Å². The summed E-state index contributed by atoms with van der Waals surface area (Å²) in [5.41, 5.74) is 0.807. The fraction of sp³-hybridized carbons (Fsp3) is 0.333. The Bertz CT molecular complexity index is 529. The Hall–Kier alpha value is -1.62. The molecule has 2 aromatic heterocycles. The monoisotopic (exact) mass is 251 g/mol. The first-order valence-corrected chi connectivity index (χ1v) is 6.18. The molecule has 17 heavy (non-hydrogen) atoms. The average molecular weight is 251 g/mol. The Labute approximate surface area is 103 Å². The standard InChI is InChI=1S/C12H13NO3S/c1-7(5-11(14)15)9-6-17-12(13-9)10-4-3-8(2)16-10/h3-4,6-7H,5H2,1-2H3,(H,14,15). The highest BCUT2D eigenvalue weighted by Crippen LogP contribution is 2.29. The molecular formula is C12H13NO3S. The van der Waals surface area contributed by atoms with Crippen LogP contribution in [0.15, 0.2) is 21.9 Å². The molecule has 4 nitrogen and oxygen atoms in total. The van der Waals surface area contributed by atoms with Gasteiger partial charge in [0.15, 0.2) is 10.8 Å². The van der Waals surface area contributed by atoms with Crippen LogP contribution in [-0.2, 0) is 4.79 Å². The highest BCUT2D eigenvalue weighted by atomic mass is 32.1. The van der Waals surface area contributed by atoms with E-state index >= 15 is 0 Å². The molecule has 90 valence electrons. The molecule has 0 saturated heterocycles. The van der Waals surface area contributed by atoms with E-state index < -0.39 is 5.97 Å². The average Bonchev–Trinajstić information content (AvgIpc) is 2.84. The molecule has 2 aromatic rings. The lowest BCUT2D eigenvalue weighted by molar-refractivity contribution is -0.137. The van der Waals surface area contributed by atoms with E-state index in [-0.39, 0.29) is 12.3 Å². The smallest absolute Gasteiger partial charge is 0.304 e. The van der Waals surface area contributed by atoms with Crippen LogP contribution in [0.1, 0.15) is 30.7 Å². The van der Waals surface area contributed by atoms with E-state index in [0.29, 0.717) is 0 Å². The van der Waals surface area contributed by atoms with Crippen LogP contribution in [0.25, 0.3) is 10.8 Å². The Kier molecular flexibility index (Phi) is 3.28. The van der Waals surface area contributed by atoms with Crippen molar-refractivity contribution in [1.82, 2.24) is 4.98 Å². The normalized spacial score (nSPS) is 12.6. The molecule has 0 aromatic carbocycles. The van der Waals surface area contributed by atoms with Gasteiger partial charge in [-0.2, -0.15) is 0 Å². The summed E-state index contributed by atoms with van der Waals surface area (Å²) in [5.74, 6) is 0.700. The molecule has 0 aliphatic rings. The highest BCUT2D eigenvalue weighted by molar-refractivity contribution is 7.13. The van der Waals surface area contributed by atoms with Crippen LogP contribution in [0.2, 0.25) is 0 Å². The number of aryl methyl sites for hydroxylation is 1.